The summed E-state index contributed by atoms with van der Waals surface area (Å²) in [4.78, 5) is 4.30. The van der Waals surface area contributed by atoms with Crippen molar-refractivity contribution in [2.24, 2.45) is 0 Å². The Balaban J connectivity index is 2.14. The summed E-state index contributed by atoms with van der Waals surface area (Å²) in [7, 11) is -0.590. The Morgan fingerprint density at radius 2 is 1.70 bits per heavy atom. The fourth-order valence-electron chi connectivity index (χ4n) is 2.37. The Morgan fingerprint density at radius 1 is 1.05 bits per heavy atom. The van der Waals surface area contributed by atoms with Crippen molar-refractivity contribution >= 4 is 23.5 Å². The van der Waals surface area contributed by atoms with Gasteiger partial charge in [-0.15, -0.1) is 0 Å². The van der Waals surface area contributed by atoms with Crippen molar-refractivity contribution in [3.05, 3.63) is 30.5 Å². The van der Waals surface area contributed by atoms with Gasteiger partial charge in [-0.05, 0) is 45.9 Å². The largest absolute Gasteiger partial charge is 0.508 e. The monoisotopic (exact) mass is 271 g/mol. The molecule has 0 bridgehead atoms. The van der Waals surface area contributed by atoms with E-state index in [-0.39, 0.29) is 5.75 Å². The molecule has 5 heteroatoms. The second kappa shape index (κ2) is 4.20. The lowest BCUT2D eigenvalue weighted by Gasteiger charge is -2.32. The first kappa shape index (κ1) is 13.4. The maximum Gasteiger partial charge on any atom is 0.499 e. The van der Waals surface area contributed by atoms with E-state index in [0.29, 0.717) is 5.46 Å². The van der Waals surface area contributed by atoms with Crippen LogP contribution in [0.2, 0.25) is 0 Å². The lowest BCUT2D eigenvalue weighted by molar-refractivity contribution is 0.00578. The zero-order valence-electron chi connectivity index (χ0n) is 12.2. The van der Waals surface area contributed by atoms with Gasteiger partial charge in [-0.1, -0.05) is 6.07 Å². The molecule has 1 N–H and O–H groups in total. The summed E-state index contributed by atoms with van der Waals surface area (Å²) in [6, 6.07) is 7.19. The first-order valence-corrected chi connectivity index (χ1v) is 6.74. The summed E-state index contributed by atoms with van der Waals surface area (Å²) >= 11 is 0. The van der Waals surface area contributed by atoms with Crippen molar-refractivity contribution < 1.29 is 14.4 Å². The van der Waals surface area contributed by atoms with Crippen LogP contribution in [0.1, 0.15) is 27.7 Å². The Kier molecular flexibility index (Phi) is 2.82. The molecule has 1 fully saturated rings. The van der Waals surface area contributed by atoms with Crippen LogP contribution in [0.3, 0.4) is 0 Å². The van der Waals surface area contributed by atoms with Crippen molar-refractivity contribution in [3.8, 4) is 5.75 Å². The molecular weight excluding hydrogens is 253 g/mol. The molecule has 0 atom stereocenters. The predicted molar refractivity (Wildman–Crippen MR) is 79.1 cm³/mol. The third-order valence-electron chi connectivity index (χ3n) is 4.29. The second-order valence-corrected chi connectivity index (χ2v) is 6.16. The molecule has 104 valence electrons. The zero-order chi connectivity index (χ0) is 14.5. The molecule has 0 spiro atoms. The van der Waals surface area contributed by atoms with Crippen LogP contribution in [0.5, 0.6) is 5.75 Å². The Morgan fingerprint density at radius 3 is 2.35 bits per heavy atom. The quantitative estimate of drug-likeness (QED) is 0.808. The third-order valence-corrected chi connectivity index (χ3v) is 4.29. The van der Waals surface area contributed by atoms with Gasteiger partial charge in [0.15, 0.2) is 0 Å². The van der Waals surface area contributed by atoms with Crippen molar-refractivity contribution in [3.63, 3.8) is 0 Å². The highest BCUT2D eigenvalue weighted by molar-refractivity contribution is 6.66. The van der Waals surface area contributed by atoms with E-state index in [1.807, 2.05) is 39.8 Å². The van der Waals surface area contributed by atoms with Gasteiger partial charge in [0.2, 0.25) is 0 Å². The molecule has 20 heavy (non-hydrogen) atoms. The molecule has 1 aromatic carbocycles. The average molecular weight is 271 g/mol. The van der Waals surface area contributed by atoms with E-state index in [1.165, 1.54) is 0 Å². The number of benzene rings is 1. The van der Waals surface area contributed by atoms with Crippen LogP contribution in [0.25, 0.3) is 10.9 Å². The molecule has 0 aliphatic carbocycles. The molecule has 0 saturated carbocycles. The number of hydrogen-bond donors (Lipinski definition) is 1. The molecule has 1 aromatic heterocycles. The van der Waals surface area contributed by atoms with Gasteiger partial charge in [-0.2, -0.15) is 0 Å². The van der Waals surface area contributed by atoms with E-state index in [9.17, 15) is 5.11 Å². The molecule has 2 heterocycles. The number of aromatic hydroxyl groups is 1. The maximum absolute atomic E-state index is 10.2. The summed E-state index contributed by atoms with van der Waals surface area (Å²) in [6.07, 6.45) is 1.73. The fourth-order valence-corrected chi connectivity index (χ4v) is 2.37. The second-order valence-electron chi connectivity index (χ2n) is 6.16. The van der Waals surface area contributed by atoms with Crippen LogP contribution < -0.4 is 5.46 Å². The van der Waals surface area contributed by atoms with Gasteiger partial charge in [-0.3, -0.25) is 4.98 Å². The van der Waals surface area contributed by atoms with E-state index < -0.39 is 18.3 Å². The lowest BCUT2D eigenvalue weighted by Crippen LogP contribution is -2.41. The highest BCUT2D eigenvalue weighted by Crippen LogP contribution is 2.37. The SMILES string of the molecule is CC1(C)OB(c2c(O)ccc3ncccc23)OC1(C)C. The van der Waals surface area contributed by atoms with Crippen molar-refractivity contribution in [2.75, 3.05) is 0 Å². The molecule has 1 saturated heterocycles. The molecule has 0 unspecified atom stereocenters. The van der Waals surface area contributed by atoms with Gasteiger partial charge in [0.1, 0.15) is 5.75 Å². The number of pyridine rings is 1. The van der Waals surface area contributed by atoms with Gasteiger partial charge < -0.3 is 14.4 Å². The standard InChI is InChI=1S/C15H18BNO3/c1-14(2)15(3,4)20-16(19-14)13-10-6-5-9-17-11(10)7-8-12(13)18/h5-9,18H,1-4H3. The molecule has 2 aromatic rings. The number of rotatable bonds is 1. The summed E-state index contributed by atoms with van der Waals surface area (Å²) < 4.78 is 12.1. The normalized spacial score (nSPS) is 20.5. The van der Waals surface area contributed by atoms with Crippen LogP contribution in [0, 0.1) is 0 Å². The molecule has 0 amide bonds. The fraction of sp³-hybridized carbons (Fsp3) is 0.400. The number of phenolic OH excluding ortho intramolecular Hbond substituents is 1. The van der Waals surface area contributed by atoms with Crippen LogP contribution >= 0.6 is 0 Å². The van der Waals surface area contributed by atoms with E-state index >= 15 is 0 Å². The summed E-state index contributed by atoms with van der Waals surface area (Å²) in [5.41, 5.74) is 0.590. The summed E-state index contributed by atoms with van der Waals surface area (Å²) in [5.74, 6) is 0.170. The molecule has 1 aliphatic heterocycles. The topological polar surface area (TPSA) is 51.6 Å². The van der Waals surface area contributed by atoms with Gasteiger partial charge in [0.05, 0.1) is 16.7 Å². The number of fused-ring (bicyclic) bond motifs is 1. The highest BCUT2D eigenvalue weighted by Gasteiger charge is 2.52. The van der Waals surface area contributed by atoms with Crippen molar-refractivity contribution in [1.29, 1.82) is 0 Å². The van der Waals surface area contributed by atoms with Crippen molar-refractivity contribution in [2.45, 2.75) is 38.9 Å². The van der Waals surface area contributed by atoms with Gasteiger partial charge >= 0.3 is 7.12 Å². The Labute approximate surface area is 118 Å². The van der Waals surface area contributed by atoms with Gasteiger partial charge in [0.25, 0.3) is 0 Å². The summed E-state index contributed by atoms with van der Waals surface area (Å²) in [5, 5.41) is 11.1. The van der Waals surface area contributed by atoms with Crippen LogP contribution in [-0.4, -0.2) is 28.4 Å². The van der Waals surface area contributed by atoms with Gasteiger partial charge in [0, 0.05) is 17.0 Å². The Hall–Kier alpha value is -1.59. The van der Waals surface area contributed by atoms with E-state index in [1.54, 1.807) is 18.3 Å². The zero-order valence-corrected chi connectivity index (χ0v) is 12.2. The number of phenols is 1. The van der Waals surface area contributed by atoms with Crippen LogP contribution in [-0.2, 0) is 9.31 Å². The minimum Gasteiger partial charge on any atom is -0.508 e. The first-order valence-electron chi connectivity index (χ1n) is 6.74. The Bertz CT molecular complexity index is 653. The molecule has 4 nitrogen and oxygen atoms in total. The van der Waals surface area contributed by atoms with E-state index in [4.69, 9.17) is 9.31 Å². The van der Waals surface area contributed by atoms with Crippen LogP contribution in [0.15, 0.2) is 30.5 Å². The third kappa shape index (κ3) is 1.89. The minimum absolute atomic E-state index is 0.170. The number of aromatic nitrogens is 1. The molecule has 0 radical (unpaired) electrons. The highest BCUT2D eigenvalue weighted by atomic mass is 16.7. The maximum atomic E-state index is 10.2. The van der Waals surface area contributed by atoms with Gasteiger partial charge in [-0.25, -0.2) is 0 Å². The average Bonchev–Trinajstić information content (AvgIpc) is 2.57. The van der Waals surface area contributed by atoms with Crippen LogP contribution in [0.4, 0.5) is 0 Å². The number of nitrogens with zero attached hydrogens (tertiary/aromatic N) is 1. The van der Waals surface area contributed by atoms with E-state index in [2.05, 4.69) is 4.98 Å². The number of hydrogen-bond acceptors (Lipinski definition) is 4. The van der Waals surface area contributed by atoms with Crippen molar-refractivity contribution in [1.82, 2.24) is 4.98 Å². The molecular formula is C15H18BNO3. The molecule has 1 aliphatic rings. The minimum atomic E-state index is -0.590. The van der Waals surface area contributed by atoms with E-state index in [0.717, 1.165) is 10.9 Å². The first-order chi connectivity index (χ1) is 9.32. The predicted octanol–water partition coefficient (Wildman–Crippen LogP) is 2.24. The molecule has 3 rings (SSSR count). The summed E-state index contributed by atoms with van der Waals surface area (Å²) in [6.45, 7) is 7.97. The smallest absolute Gasteiger partial charge is 0.499 e. The lowest BCUT2D eigenvalue weighted by atomic mass is 9.76.